The zero-order valence-corrected chi connectivity index (χ0v) is 30.1. The number of rotatable bonds is 17. The van der Waals surface area contributed by atoms with Gasteiger partial charge >= 0.3 is 5.97 Å². The van der Waals surface area contributed by atoms with E-state index in [1.165, 1.54) is 12.0 Å². The molecule has 1 unspecified atom stereocenters. The molecular weight excluding hydrogens is 682 g/mol. The second kappa shape index (κ2) is 16.1. The van der Waals surface area contributed by atoms with Crippen LogP contribution in [0.4, 0.5) is 0 Å². The van der Waals surface area contributed by atoms with Gasteiger partial charge in [-0.05, 0) is 38.2 Å². The molecule has 3 heterocycles. The minimum Gasteiger partial charge on any atom is -0.455 e. The lowest BCUT2D eigenvalue weighted by Gasteiger charge is -2.41. The molecule has 0 aliphatic carbocycles. The lowest BCUT2D eigenvalue weighted by Crippen LogP contribution is -2.60. The molecule has 3 fully saturated rings. The molecule has 264 valence electrons. The molecule has 3 amide bonds. The molecule has 1 aromatic carbocycles. The molecule has 9 atom stereocenters. The molecule has 12 heteroatoms. The standard InChI is InChI=1S/C36H50BrN3O8/c1-8-10-16-27(42)38-25(20-46-7)30(23-14-12-11-13-15-23)47-35(45)28-29-33(43)40(26(19-41)21(3)4)32(34(44)39(17-9-2)22(5)6)36(29)18-24(37)31(28)48-36/h8-9,11-15,21-22,24-26,28-32,41H,1-2,10,16-20H2,3-7H3,(H,38,42)/t24?,25-,26+,28-,29+,30-,31-,32-,36+/m1/s1. The van der Waals surface area contributed by atoms with E-state index < -0.39 is 59.6 Å². The van der Waals surface area contributed by atoms with Crippen molar-refractivity contribution in [1.82, 2.24) is 15.1 Å². The van der Waals surface area contributed by atoms with E-state index in [1.54, 1.807) is 29.2 Å². The lowest BCUT2D eigenvalue weighted by molar-refractivity contribution is -0.163. The second-order valence-corrected chi connectivity index (χ2v) is 14.7. The summed E-state index contributed by atoms with van der Waals surface area (Å²) in [6, 6.07) is 6.34. The van der Waals surface area contributed by atoms with E-state index in [2.05, 4.69) is 34.4 Å². The first kappa shape index (κ1) is 37.8. The maximum atomic E-state index is 14.6. The second-order valence-electron chi connectivity index (χ2n) is 13.5. The number of halogens is 1. The average molecular weight is 733 g/mol. The molecule has 11 nitrogen and oxygen atoms in total. The maximum absolute atomic E-state index is 14.6. The molecule has 2 bridgehead atoms. The van der Waals surface area contributed by atoms with Crippen LogP contribution in [-0.4, -0.2) is 106 Å². The predicted molar refractivity (Wildman–Crippen MR) is 184 cm³/mol. The molecule has 4 rings (SSSR count). The Morgan fingerprint density at radius 3 is 2.44 bits per heavy atom. The number of alkyl halides is 1. The van der Waals surface area contributed by atoms with Crippen LogP contribution in [-0.2, 0) is 33.4 Å². The highest BCUT2D eigenvalue weighted by Crippen LogP contribution is 2.61. The Kier molecular flexibility index (Phi) is 12.7. The molecule has 0 aromatic heterocycles. The highest BCUT2D eigenvalue weighted by Gasteiger charge is 2.77. The summed E-state index contributed by atoms with van der Waals surface area (Å²) in [5, 5.41) is 13.5. The van der Waals surface area contributed by atoms with Crippen LogP contribution >= 0.6 is 15.9 Å². The number of esters is 1. The molecule has 48 heavy (non-hydrogen) atoms. The summed E-state index contributed by atoms with van der Waals surface area (Å²) in [7, 11) is 1.50. The van der Waals surface area contributed by atoms with E-state index in [0.29, 0.717) is 18.4 Å². The minimum absolute atomic E-state index is 0.0515. The summed E-state index contributed by atoms with van der Waals surface area (Å²) in [5.74, 6) is -3.95. The van der Waals surface area contributed by atoms with Crippen molar-refractivity contribution < 1.29 is 38.5 Å². The van der Waals surface area contributed by atoms with Crippen LogP contribution in [0.15, 0.2) is 55.6 Å². The first-order valence-electron chi connectivity index (χ1n) is 16.7. The van der Waals surface area contributed by atoms with Crippen molar-refractivity contribution in [3.05, 3.63) is 61.2 Å². The number of carbonyl (C=O) groups excluding carboxylic acids is 4. The molecule has 0 saturated carbocycles. The van der Waals surface area contributed by atoms with Crippen LogP contribution in [0, 0.1) is 17.8 Å². The Morgan fingerprint density at radius 2 is 1.88 bits per heavy atom. The zero-order chi connectivity index (χ0) is 35.3. The van der Waals surface area contributed by atoms with Gasteiger partial charge in [0.25, 0.3) is 0 Å². The molecule has 0 radical (unpaired) electrons. The quantitative estimate of drug-likeness (QED) is 0.141. The predicted octanol–water partition coefficient (Wildman–Crippen LogP) is 3.56. The van der Waals surface area contributed by atoms with Gasteiger partial charge in [-0.3, -0.25) is 19.2 Å². The minimum atomic E-state index is -1.33. The number of nitrogens with zero attached hydrogens (tertiary/aromatic N) is 2. The first-order chi connectivity index (χ1) is 22.9. The van der Waals surface area contributed by atoms with Crippen molar-refractivity contribution in [2.24, 2.45) is 17.8 Å². The molecule has 1 spiro atoms. The van der Waals surface area contributed by atoms with Gasteiger partial charge in [0.15, 0.2) is 0 Å². The van der Waals surface area contributed by atoms with Gasteiger partial charge in [-0.15, -0.1) is 13.2 Å². The van der Waals surface area contributed by atoms with Crippen LogP contribution in [0.2, 0.25) is 0 Å². The van der Waals surface area contributed by atoms with E-state index in [9.17, 15) is 24.3 Å². The molecule has 3 saturated heterocycles. The number of methoxy groups -OCH3 is 1. The zero-order valence-electron chi connectivity index (χ0n) is 28.5. The number of hydrogen-bond donors (Lipinski definition) is 2. The van der Waals surface area contributed by atoms with Crippen molar-refractivity contribution in [2.75, 3.05) is 26.9 Å². The number of carbonyl (C=O) groups is 4. The summed E-state index contributed by atoms with van der Waals surface area (Å²) >= 11 is 3.72. The van der Waals surface area contributed by atoms with Crippen molar-refractivity contribution in [3.8, 4) is 0 Å². The Bertz CT molecular complexity index is 1340. The number of allylic oxidation sites excluding steroid dienone is 1. The van der Waals surface area contributed by atoms with Gasteiger partial charge in [-0.25, -0.2) is 0 Å². The average Bonchev–Trinajstić information content (AvgIpc) is 3.64. The normalized spacial score (nSPS) is 27.8. The Labute approximate surface area is 292 Å². The summed E-state index contributed by atoms with van der Waals surface area (Å²) in [4.78, 5) is 59.3. The SMILES string of the molecule is C=CCCC(=O)N[C@H](COC)[C@H](OC(=O)[C@H]1[C@@H]2O[C@@]3(CC2Br)[C@@H]1C(=O)N([C@@H](CO)C(C)C)[C@@H]3C(=O)N(CC=C)C(C)C)c1ccccc1. The highest BCUT2D eigenvalue weighted by atomic mass is 79.9. The number of benzene rings is 1. The van der Waals surface area contributed by atoms with Crippen LogP contribution in [0.25, 0.3) is 0 Å². The van der Waals surface area contributed by atoms with Crippen LogP contribution in [0.1, 0.15) is 58.6 Å². The number of fused-ring (bicyclic) bond motifs is 1. The smallest absolute Gasteiger partial charge is 0.313 e. The van der Waals surface area contributed by atoms with E-state index in [4.69, 9.17) is 14.2 Å². The number of nitrogens with one attached hydrogen (secondary N) is 1. The van der Waals surface area contributed by atoms with Gasteiger partial charge in [0.2, 0.25) is 17.7 Å². The summed E-state index contributed by atoms with van der Waals surface area (Å²) < 4.78 is 18.4. The number of ether oxygens (including phenoxy) is 3. The van der Waals surface area contributed by atoms with Gasteiger partial charge in [0.05, 0.1) is 43.2 Å². The third-order valence-electron chi connectivity index (χ3n) is 9.78. The topological polar surface area (TPSA) is 135 Å². The summed E-state index contributed by atoms with van der Waals surface area (Å²) in [6.45, 7) is 15.0. The Balaban J connectivity index is 1.77. The number of hydrogen-bond acceptors (Lipinski definition) is 8. The fourth-order valence-electron chi connectivity index (χ4n) is 7.57. The van der Waals surface area contributed by atoms with Crippen LogP contribution in [0.5, 0.6) is 0 Å². The first-order valence-corrected chi connectivity index (χ1v) is 17.6. The lowest BCUT2D eigenvalue weighted by atomic mass is 9.70. The fourth-order valence-corrected chi connectivity index (χ4v) is 8.51. The fraction of sp³-hybridized carbons (Fsp3) is 0.611. The van der Waals surface area contributed by atoms with Crippen LogP contribution < -0.4 is 5.32 Å². The number of aliphatic hydroxyl groups is 1. The molecular formula is C36H50BrN3O8. The van der Waals surface area contributed by atoms with Crippen molar-refractivity contribution in [1.29, 1.82) is 0 Å². The molecule has 1 aromatic rings. The Hall–Kier alpha value is -3.06. The Morgan fingerprint density at radius 1 is 1.19 bits per heavy atom. The van der Waals surface area contributed by atoms with Gasteiger partial charge in [0, 0.05) is 30.9 Å². The summed E-state index contributed by atoms with van der Waals surface area (Å²) in [5.41, 5.74) is -0.698. The molecule has 3 aliphatic heterocycles. The van der Waals surface area contributed by atoms with E-state index in [0.717, 1.165) is 0 Å². The van der Waals surface area contributed by atoms with Gasteiger partial charge in [-0.1, -0.05) is 72.3 Å². The van der Waals surface area contributed by atoms with E-state index in [1.807, 2.05) is 45.9 Å². The highest BCUT2D eigenvalue weighted by molar-refractivity contribution is 9.09. The number of amides is 3. The summed E-state index contributed by atoms with van der Waals surface area (Å²) in [6.07, 6.45) is 2.58. The largest absolute Gasteiger partial charge is 0.455 e. The number of aliphatic hydroxyl groups excluding tert-OH is 1. The van der Waals surface area contributed by atoms with Crippen molar-refractivity contribution in [2.45, 2.75) is 93.8 Å². The van der Waals surface area contributed by atoms with Crippen molar-refractivity contribution >= 4 is 39.6 Å². The van der Waals surface area contributed by atoms with Gasteiger partial charge in [-0.2, -0.15) is 0 Å². The van der Waals surface area contributed by atoms with E-state index in [-0.39, 0.29) is 54.8 Å². The molecule has 3 aliphatic rings. The van der Waals surface area contributed by atoms with Gasteiger partial charge in [0.1, 0.15) is 17.7 Å². The van der Waals surface area contributed by atoms with Gasteiger partial charge < -0.3 is 34.4 Å². The van der Waals surface area contributed by atoms with Crippen molar-refractivity contribution in [3.63, 3.8) is 0 Å². The van der Waals surface area contributed by atoms with E-state index >= 15 is 0 Å². The monoisotopic (exact) mass is 731 g/mol. The molecule has 2 N–H and O–H groups in total. The maximum Gasteiger partial charge on any atom is 0.313 e. The third-order valence-corrected chi connectivity index (χ3v) is 10.6. The third kappa shape index (κ3) is 7.13. The number of likely N-dealkylation sites (tertiary alicyclic amines) is 1. The van der Waals surface area contributed by atoms with Crippen LogP contribution in [0.3, 0.4) is 0 Å².